The van der Waals surface area contributed by atoms with Crippen LogP contribution in [0.5, 0.6) is 0 Å². The molecule has 2 saturated heterocycles. The van der Waals surface area contributed by atoms with Crippen molar-refractivity contribution >= 4 is 11.6 Å². The maximum atomic E-state index is 13.3. The van der Waals surface area contributed by atoms with Gasteiger partial charge in [0.25, 0.3) is 0 Å². The summed E-state index contributed by atoms with van der Waals surface area (Å²) < 4.78 is 11.5. The SMILES string of the molecule is Cc1ccc([C@]23O[C@@H]2C(=O)[C@@H]2[C@@H]4C[C@@H]([C@@H]5O[C@H]45)[C@@H]2C3=O)cc1C. The summed E-state index contributed by atoms with van der Waals surface area (Å²) in [4.78, 5) is 26.3. The molecule has 0 aromatic heterocycles. The van der Waals surface area contributed by atoms with Gasteiger partial charge in [-0.2, -0.15) is 0 Å². The minimum Gasteiger partial charge on any atom is -0.369 e. The predicted octanol–water partition coefficient (Wildman–Crippen LogP) is 1.70. The van der Waals surface area contributed by atoms with Crippen LogP contribution in [0.25, 0.3) is 0 Å². The van der Waals surface area contributed by atoms with E-state index in [-0.39, 0.29) is 47.4 Å². The molecule has 6 rings (SSSR count). The molecule has 118 valence electrons. The molecule has 23 heavy (non-hydrogen) atoms. The third kappa shape index (κ3) is 1.26. The van der Waals surface area contributed by atoms with Crippen molar-refractivity contribution in [2.75, 3.05) is 0 Å². The number of hydrogen-bond acceptors (Lipinski definition) is 4. The van der Waals surface area contributed by atoms with Crippen LogP contribution < -0.4 is 0 Å². The molecule has 2 bridgehead atoms. The monoisotopic (exact) mass is 310 g/mol. The Morgan fingerprint density at radius 2 is 1.78 bits per heavy atom. The maximum Gasteiger partial charge on any atom is 0.186 e. The van der Waals surface area contributed by atoms with Crippen LogP contribution in [0.15, 0.2) is 18.2 Å². The summed E-state index contributed by atoms with van der Waals surface area (Å²) in [5.41, 5.74) is 2.18. The zero-order valence-corrected chi connectivity index (χ0v) is 13.1. The molecule has 3 saturated carbocycles. The number of rotatable bonds is 1. The highest BCUT2D eigenvalue weighted by molar-refractivity contribution is 6.10. The number of carbonyl (C=O) groups is 2. The first-order valence-electron chi connectivity index (χ1n) is 8.53. The average Bonchev–Trinajstić information content (AvgIpc) is 3.43. The second-order valence-corrected chi connectivity index (χ2v) is 7.98. The minimum atomic E-state index is -0.994. The summed E-state index contributed by atoms with van der Waals surface area (Å²) in [5, 5.41) is 0. The van der Waals surface area contributed by atoms with Crippen LogP contribution in [0.1, 0.15) is 23.1 Å². The fraction of sp³-hybridized carbons (Fsp3) is 0.579. The van der Waals surface area contributed by atoms with E-state index < -0.39 is 11.7 Å². The molecule has 2 heterocycles. The number of Topliss-reactive ketones (excluding diaryl/α,β-unsaturated/α-hetero) is 2. The van der Waals surface area contributed by atoms with Crippen molar-refractivity contribution < 1.29 is 19.1 Å². The summed E-state index contributed by atoms with van der Waals surface area (Å²) in [6.45, 7) is 4.08. The van der Waals surface area contributed by atoms with Crippen LogP contribution in [0.2, 0.25) is 0 Å². The summed E-state index contributed by atoms with van der Waals surface area (Å²) >= 11 is 0. The molecule has 4 heteroatoms. The Bertz CT molecular complexity index is 799. The van der Waals surface area contributed by atoms with Crippen LogP contribution in [-0.2, 0) is 24.7 Å². The van der Waals surface area contributed by atoms with Gasteiger partial charge in [0.05, 0.1) is 12.2 Å². The lowest BCUT2D eigenvalue weighted by molar-refractivity contribution is -0.140. The van der Waals surface area contributed by atoms with Crippen molar-refractivity contribution in [2.24, 2.45) is 23.7 Å². The van der Waals surface area contributed by atoms with Gasteiger partial charge in [-0.25, -0.2) is 0 Å². The van der Waals surface area contributed by atoms with Gasteiger partial charge in [-0.15, -0.1) is 0 Å². The Hall–Kier alpha value is -1.52. The average molecular weight is 310 g/mol. The number of ether oxygens (including phenoxy) is 2. The lowest BCUT2D eigenvalue weighted by atomic mass is 9.64. The molecule has 0 spiro atoms. The van der Waals surface area contributed by atoms with Crippen molar-refractivity contribution in [1.82, 2.24) is 0 Å². The third-order valence-electron chi connectivity index (χ3n) is 7.07. The van der Waals surface area contributed by atoms with Gasteiger partial charge in [0.2, 0.25) is 0 Å². The van der Waals surface area contributed by atoms with Crippen LogP contribution in [0, 0.1) is 37.5 Å². The highest BCUT2D eigenvalue weighted by atomic mass is 16.6. The molecule has 5 aliphatic rings. The normalized spacial score (nSPS) is 51.3. The van der Waals surface area contributed by atoms with Gasteiger partial charge < -0.3 is 9.47 Å². The van der Waals surface area contributed by atoms with Gasteiger partial charge >= 0.3 is 0 Å². The van der Waals surface area contributed by atoms with Gasteiger partial charge in [-0.3, -0.25) is 9.59 Å². The fourth-order valence-corrected chi connectivity index (χ4v) is 5.74. The standard InChI is InChI=1S/C19H18O4/c1-7-3-4-9(5-8(7)2)19-17(21)13-11-6-10(15-16(11)22-15)12(13)14(20)18(19)23-19/h3-5,10-13,15-16,18H,6H2,1-2H3/t10-,11+,12+,13-,15+,16-,18+,19+/m0/s1. The number of ketones is 2. The molecule has 0 radical (unpaired) electrons. The second kappa shape index (κ2) is 3.60. The molecular formula is C19H18O4. The van der Waals surface area contributed by atoms with Gasteiger partial charge in [-0.1, -0.05) is 18.2 Å². The number of hydrogen-bond donors (Lipinski definition) is 0. The second-order valence-electron chi connectivity index (χ2n) is 7.98. The molecule has 3 aliphatic carbocycles. The topological polar surface area (TPSA) is 59.2 Å². The van der Waals surface area contributed by atoms with Gasteiger partial charge in [0, 0.05) is 11.8 Å². The van der Waals surface area contributed by atoms with Gasteiger partial charge in [0.1, 0.15) is 0 Å². The number of epoxide rings is 2. The first-order valence-corrected chi connectivity index (χ1v) is 8.53. The molecule has 0 unspecified atom stereocenters. The fourth-order valence-electron chi connectivity index (χ4n) is 5.74. The van der Waals surface area contributed by atoms with E-state index in [9.17, 15) is 9.59 Å². The highest BCUT2D eigenvalue weighted by Gasteiger charge is 2.81. The molecule has 0 amide bonds. The Kier molecular flexibility index (Phi) is 2.01. The quantitative estimate of drug-likeness (QED) is 0.741. The Morgan fingerprint density at radius 1 is 1.04 bits per heavy atom. The molecule has 0 N–H and O–H groups in total. The molecule has 1 aromatic carbocycles. The largest absolute Gasteiger partial charge is 0.369 e. The molecule has 5 fully saturated rings. The van der Waals surface area contributed by atoms with Crippen molar-refractivity contribution in [1.29, 1.82) is 0 Å². The predicted molar refractivity (Wildman–Crippen MR) is 79.7 cm³/mol. The number of fused-ring (bicyclic) bond motifs is 9. The molecular weight excluding hydrogens is 292 g/mol. The van der Waals surface area contributed by atoms with Crippen LogP contribution in [0.4, 0.5) is 0 Å². The van der Waals surface area contributed by atoms with Crippen molar-refractivity contribution in [2.45, 2.75) is 44.2 Å². The number of benzene rings is 1. The van der Waals surface area contributed by atoms with Crippen molar-refractivity contribution in [3.63, 3.8) is 0 Å². The van der Waals surface area contributed by atoms with E-state index in [0.29, 0.717) is 0 Å². The summed E-state index contributed by atoms with van der Waals surface area (Å²) in [6.07, 6.45) is 0.892. The first-order chi connectivity index (χ1) is 11.0. The van der Waals surface area contributed by atoms with E-state index in [2.05, 4.69) is 0 Å². The summed E-state index contributed by atoms with van der Waals surface area (Å²) in [6, 6.07) is 5.99. The maximum absolute atomic E-state index is 13.3. The van der Waals surface area contributed by atoms with Gasteiger partial charge in [-0.05, 0) is 48.8 Å². The van der Waals surface area contributed by atoms with Crippen LogP contribution >= 0.6 is 0 Å². The summed E-state index contributed by atoms with van der Waals surface area (Å²) in [5.74, 6) is 0.444. The van der Waals surface area contributed by atoms with Crippen molar-refractivity contribution in [3.8, 4) is 0 Å². The van der Waals surface area contributed by atoms with E-state index in [1.54, 1.807) is 0 Å². The summed E-state index contributed by atoms with van der Waals surface area (Å²) in [7, 11) is 0. The number of carbonyl (C=O) groups excluding carboxylic acids is 2. The van der Waals surface area contributed by atoms with Gasteiger partial charge in [0.15, 0.2) is 23.3 Å². The molecule has 8 atom stereocenters. The Balaban J connectivity index is 1.47. The van der Waals surface area contributed by atoms with Crippen molar-refractivity contribution in [3.05, 3.63) is 34.9 Å². The first kappa shape index (κ1) is 12.8. The third-order valence-corrected chi connectivity index (χ3v) is 7.07. The Morgan fingerprint density at radius 3 is 2.52 bits per heavy atom. The Labute approximate surface area is 134 Å². The van der Waals surface area contributed by atoms with E-state index in [0.717, 1.165) is 17.5 Å². The van der Waals surface area contributed by atoms with E-state index in [4.69, 9.17) is 9.47 Å². The lowest BCUT2D eigenvalue weighted by Gasteiger charge is -2.32. The van der Waals surface area contributed by atoms with E-state index >= 15 is 0 Å². The molecule has 1 aromatic rings. The minimum absolute atomic E-state index is 0.136. The van der Waals surface area contributed by atoms with E-state index in [1.807, 2.05) is 32.0 Å². The zero-order valence-electron chi connectivity index (χ0n) is 13.1. The lowest BCUT2D eigenvalue weighted by Crippen LogP contribution is -2.50. The molecule has 4 nitrogen and oxygen atoms in total. The van der Waals surface area contributed by atoms with E-state index in [1.165, 1.54) is 5.56 Å². The smallest absolute Gasteiger partial charge is 0.186 e. The van der Waals surface area contributed by atoms with Crippen LogP contribution in [0.3, 0.4) is 0 Å². The van der Waals surface area contributed by atoms with Crippen LogP contribution in [-0.4, -0.2) is 29.9 Å². The zero-order chi connectivity index (χ0) is 15.7. The molecule has 2 aliphatic heterocycles. The highest BCUT2D eigenvalue weighted by Crippen LogP contribution is 2.68. The number of aryl methyl sites for hydroxylation is 2.